The molecule has 2 heterocycles. The number of alkyl halides is 3. The molecule has 5 heteroatoms. The van der Waals surface area contributed by atoms with E-state index >= 15 is 0 Å². The summed E-state index contributed by atoms with van der Waals surface area (Å²) in [7, 11) is 5.88. The van der Waals surface area contributed by atoms with Gasteiger partial charge < -0.3 is 9.80 Å². The van der Waals surface area contributed by atoms with Crippen LogP contribution >= 0.6 is 0 Å². The van der Waals surface area contributed by atoms with Crippen molar-refractivity contribution >= 4 is 5.69 Å². The van der Waals surface area contributed by atoms with E-state index in [0.717, 1.165) is 43.7 Å². The van der Waals surface area contributed by atoms with Crippen LogP contribution in [0.25, 0.3) is 0 Å². The van der Waals surface area contributed by atoms with Crippen LogP contribution in [0.15, 0.2) is 18.2 Å². The molecule has 1 spiro atoms. The highest BCUT2D eigenvalue weighted by atomic mass is 19.4. The number of likely N-dealkylation sites (N-methyl/N-ethyl adjacent to an activating group) is 1. The van der Waals surface area contributed by atoms with Gasteiger partial charge in [0.1, 0.15) is 0 Å². The predicted molar refractivity (Wildman–Crippen MR) is 72.6 cm³/mol. The van der Waals surface area contributed by atoms with Gasteiger partial charge in [-0.05, 0) is 49.7 Å². The molecule has 1 radical (unpaired) electrons. The molecule has 0 atom stereocenters. The maximum atomic E-state index is 12.9. The van der Waals surface area contributed by atoms with Crippen LogP contribution in [0.3, 0.4) is 0 Å². The van der Waals surface area contributed by atoms with Crippen molar-refractivity contribution in [1.29, 1.82) is 0 Å². The van der Waals surface area contributed by atoms with Gasteiger partial charge in [0, 0.05) is 31.7 Å². The van der Waals surface area contributed by atoms with Crippen LogP contribution in [-0.4, -0.2) is 31.6 Å². The number of hydrogen-bond donors (Lipinski definition) is 0. The van der Waals surface area contributed by atoms with Crippen molar-refractivity contribution < 1.29 is 13.2 Å². The summed E-state index contributed by atoms with van der Waals surface area (Å²) in [6, 6.07) is 4.16. The zero-order valence-electron chi connectivity index (χ0n) is 11.5. The van der Waals surface area contributed by atoms with Crippen molar-refractivity contribution in [2.24, 2.45) is 0 Å². The number of anilines is 1. The second kappa shape index (κ2) is 4.38. The van der Waals surface area contributed by atoms with E-state index in [1.54, 1.807) is 6.07 Å². The van der Waals surface area contributed by atoms with Gasteiger partial charge in [-0.15, -0.1) is 0 Å². The molecule has 0 saturated carbocycles. The Hall–Kier alpha value is -1.23. The van der Waals surface area contributed by atoms with Crippen LogP contribution in [0.1, 0.15) is 24.0 Å². The molecule has 0 aromatic heterocycles. The number of likely N-dealkylation sites (tertiary alicyclic amines) is 1. The largest absolute Gasteiger partial charge is 0.416 e. The standard InChI is InChI=1S/C15H18F3N2/c1-19-7-5-14(6-8-19)10-20(2)13-4-3-11(9-12(13)14)15(16,17)18/h3-4,9H,1,5-8,10H2,2H3. The molecule has 1 aromatic carbocycles. The molecule has 2 aliphatic rings. The maximum Gasteiger partial charge on any atom is 0.416 e. The van der Waals surface area contributed by atoms with Crippen molar-refractivity contribution in [3.8, 4) is 0 Å². The molecular formula is C15H18F3N2. The summed E-state index contributed by atoms with van der Waals surface area (Å²) < 4.78 is 38.8. The second-order valence-electron chi connectivity index (χ2n) is 5.98. The molecule has 109 valence electrons. The fourth-order valence-corrected chi connectivity index (χ4v) is 3.50. The molecule has 0 amide bonds. The van der Waals surface area contributed by atoms with Crippen LogP contribution in [0, 0.1) is 7.05 Å². The van der Waals surface area contributed by atoms with E-state index in [2.05, 4.69) is 11.9 Å². The highest BCUT2D eigenvalue weighted by molar-refractivity contribution is 5.63. The lowest BCUT2D eigenvalue weighted by Gasteiger charge is -2.38. The maximum absolute atomic E-state index is 12.9. The number of nitrogens with zero attached hydrogens (tertiary/aromatic N) is 2. The van der Waals surface area contributed by atoms with Crippen molar-refractivity contribution in [2.45, 2.75) is 24.4 Å². The molecule has 0 bridgehead atoms. The molecule has 2 aliphatic heterocycles. The van der Waals surface area contributed by atoms with E-state index < -0.39 is 11.7 Å². The van der Waals surface area contributed by atoms with Gasteiger partial charge in [0.15, 0.2) is 0 Å². The van der Waals surface area contributed by atoms with E-state index in [1.807, 2.05) is 11.9 Å². The van der Waals surface area contributed by atoms with Gasteiger partial charge in [0.05, 0.1) is 5.56 Å². The Morgan fingerprint density at radius 3 is 2.45 bits per heavy atom. The summed E-state index contributed by atoms with van der Waals surface area (Å²) >= 11 is 0. The smallest absolute Gasteiger partial charge is 0.373 e. The molecule has 0 N–H and O–H groups in total. The number of rotatable bonds is 0. The number of hydrogen-bond acceptors (Lipinski definition) is 2. The number of fused-ring (bicyclic) bond motifs is 2. The summed E-state index contributed by atoms with van der Waals surface area (Å²) in [6.07, 6.45) is -2.53. The van der Waals surface area contributed by atoms with Gasteiger partial charge in [0.25, 0.3) is 0 Å². The van der Waals surface area contributed by atoms with E-state index in [4.69, 9.17) is 0 Å². The van der Waals surface area contributed by atoms with Crippen LogP contribution in [0.5, 0.6) is 0 Å². The summed E-state index contributed by atoms with van der Waals surface area (Å²) in [5.74, 6) is 0. The minimum Gasteiger partial charge on any atom is -0.373 e. The lowest BCUT2D eigenvalue weighted by atomic mass is 9.74. The van der Waals surface area contributed by atoms with Crippen molar-refractivity contribution in [1.82, 2.24) is 4.90 Å². The molecule has 0 aliphatic carbocycles. The zero-order valence-corrected chi connectivity index (χ0v) is 11.5. The summed E-state index contributed by atoms with van der Waals surface area (Å²) in [5.41, 5.74) is 1.13. The first-order valence-electron chi connectivity index (χ1n) is 6.80. The van der Waals surface area contributed by atoms with Crippen molar-refractivity contribution in [3.05, 3.63) is 36.4 Å². The fourth-order valence-electron chi connectivity index (χ4n) is 3.50. The van der Waals surface area contributed by atoms with Crippen molar-refractivity contribution in [2.75, 3.05) is 31.6 Å². The third kappa shape index (κ3) is 2.08. The molecule has 0 unspecified atom stereocenters. The minimum atomic E-state index is -4.27. The number of benzene rings is 1. The van der Waals surface area contributed by atoms with E-state index in [0.29, 0.717) is 0 Å². The number of piperidine rings is 1. The van der Waals surface area contributed by atoms with Crippen LogP contribution < -0.4 is 4.90 Å². The first kappa shape index (κ1) is 13.7. The molecule has 1 saturated heterocycles. The highest BCUT2D eigenvalue weighted by Gasteiger charge is 2.44. The topological polar surface area (TPSA) is 6.48 Å². The Balaban J connectivity index is 2.04. The first-order valence-corrected chi connectivity index (χ1v) is 6.80. The molecule has 1 aromatic rings. The monoisotopic (exact) mass is 283 g/mol. The molecular weight excluding hydrogens is 265 g/mol. The quantitative estimate of drug-likeness (QED) is 0.721. The Labute approximate surface area is 117 Å². The lowest BCUT2D eigenvalue weighted by Crippen LogP contribution is -2.42. The molecule has 3 rings (SSSR count). The molecule has 1 fully saturated rings. The van der Waals surface area contributed by atoms with Gasteiger partial charge in [-0.25, -0.2) is 0 Å². The normalized spacial score (nSPS) is 22.4. The summed E-state index contributed by atoms with van der Waals surface area (Å²) in [6.45, 7) is 2.48. The Morgan fingerprint density at radius 2 is 1.85 bits per heavy atom. The van der Waals surface area contributed by atoms with Gasteiger partial charge in [-0.2, -0.15) is 13.2 Å². The molecule has 2 nitrogen and oxygen atoms in total. The summed E-state index contributed by atoms with van der Waals surface area (Å²) in [5, 5.41) is 0. The third-order valence-corrected chi connectivity index (χ3v) is 4.66. The van der Waals surface area contributed by atoms with Gasteiger partial charge in [0.2, 0.25) is 0 Å². The Bertz CT molecular complexity index is 516. The van der Waals surface area contributed by atoms with Crippen LogP contribution in [-0.2, 0) is 11.6 Å². The van der Waals surface area contributed by atoms with Crippen LogP contribution in [0.2, 0.25) is 0 Å². The minimum absolute atomic E-state index is 0.139. The highest BCUT2D eigenvalue weighted by Crippen LogP contribution is 2.48. The van der Waals surface area contributed by atoms with Gasteiger partial charge >= 0.3 is 6.18 Å². The average molecular weight is 283 g/mol. The fraction of sp³-hybridized carbons (Fsp3) is 0.533. The van der Waals surface area contributed by atoms with E-state index in [9.17, 15) is 13.2 Å². The van der Waals surface area contributed by atoms with Crippen LogP contribution in [0.4, 0.5) is 18.9 Å². The average Bonchev–Trinajstić information content (AvgIpc) is 2.66. The second-order valence-corrected chi connectivity index (χ2v) is 5.98. The molecule has 20 heavy (non-hydrogen) atoms. The predicted octanol–water partition coefficient (Wildman–Crippen LogP) is 3.28. The summed E-state index contributed by atoms with van der Waals surface area (Å²) in [4.78, 5) is 4.07. The van der Waals surface area contributed by atoms with Gasteiger partial charge in [-0.1, -0.05) is 0 Å². The third-order valence-electron chi connectivity index (χ3n) is 4.66. The zero-order chi connectivity index (χ0) is 14.5. The van der Waals surface area contributed by atoms with Crippen molar-refractivity contribution in [3.63, 3.8) is 0 Å². The lowest BCUT2D eigenvalue weighted by molar-refractivity contribution is -0.137. The van der Waals surface area contributed by atoms with E-state index in [1.165, 1.54) is 12.1 Å². The number of halogens is 3. The van der Waals surface area contributed by atoms with Gasteiger partial charge in [-0.3, -0.25) is 0 Å². The first-order chi connectivity index (χ1) is 9.32. The van der Waals surface area contributed by atoms with E-state index in [-0.39, 0.29) is 5.41 Å². The Kier molecular flexibility index (Phi) is 3.01. The Morgan fingerprint density at radius 1 is 1.20 bits per heavy atom. The SMILES string of the molecule is [CH2]N1CCC2(CC1)CN(C)c1ccc(C(F)(F)F)cc12.